The number of aryl methyl sites for hydroxylation is 1. The Morgan fingerprint density at radius 2 is 1.70 bits per heavy atom. The molecule has 8 heteroatoms. The fourth-order valence-electron chi connectivity index (χ4n) is 2.81. The number of nitrogens with zero attached hydrogens (tertiary/aromatic N) is 3. The summed E-state index contributed by atoms with van der Waals surface area (Å²) in [4.78, 5) is 18.6. The lowest BCUT2D eigenvalue weighted by Gasteiger charge is -2.12. The van der Waals surface area contributed by atoms with Crippen LogP contribution in [0.15, 0.2) is 48.5 Å². The molecule has 0 atom stereocenters. The average Bonchev–Trinajstić information content (AvgIpc) is 2.66. The molecule has 8 nitrogen and oxygen atoms in total. The summed E-state index contributed by atoms with van der Waals surface area (Å²) in [5.41, 5.74) is 16.2. The number of rotatable bonds is 6. The number of nitrogen functional groups attached to an aromatic ring is 2. The molecule has 0 bridgehead atoms. The van der Waals surface area contributed by atoms with E-state index in [1.54, 1.807) is 12.1 Å². The molecular formula is C19H20N6O2. The molecule has 0 amide bonds. The maximum atomic E-state index is 10.7. The van der Waals surface area contributed by atoms with Gasteiger partial charge in [0, 0.05) is 29.9 Å². The second-order valence-electron chi connectivity index (χ2n) is 6.00. The van der Waals surface area contributed by atoms with Gasteiger partial charge < -0.3 is 16.8 Å². The molecule has 0 fully saturated rings. The number of aromatic nitrogens is 2. The van der Waals surface area contributed by atoms with Crippen LogP contribution in [0.1, 0.15) is 18.2 Å². The zero-order chi connectivity index (χ0) is 19.4. The summed E-state index contributed by atoms with van der Waals surface area (Å²) in [6, 6.07) is 14.2. The predicted molar refractivity (Wildman–Crippen MR) is 106 cm³/mol. The molecule has 0 aliphatic heterocycles. The minimum atomic E-state index is -0.417. The lowest BCUT2D eigenvalue weighted by Crippen LogP contribution is -2.06. The number of nitrogens with two attached hydrogens (primary N) is 2. The molecule has 0 aliphatic rings. The van der Waals surface area contributed by atoms with E-state index >= 15 is 0 Å². The molecule has 5 N–H and O–H groups in total. The molecule has 0 radical (unpaired) electrons. The van der Waals surface area contributed by atoms with E-state index in [0.29, 0.717) is 18.8 Å². The summed E-state index contributed by atoms with van der Waals surface area (Å²) in [5, 5.41) is 13.9. The highest BCUT2D eigenvalue weighted by molar-refractivity contribution is 5.76. The molecule has 138 valence electrons. The number of hydrogen-bond donors (Lipinski definition) is 3. The Morgan fingerprint density at radius 1 is 1.04 bits per heavy atom. The van der Waals surface area contributed by atoms with Crippen LogP contribution in [0.5, 0.6) is 0 Å². The molecule has 1 heterocycles. The first-order valence-electron chi connectivity index (χ1n) is 8.47. The van der Waals surface area contributed by atoms with Gasteiger partial charge in [-0.25, -0.2) is 4.98 Å². The molecule has 0 unspecified atom stereocenters. The highest BCUT2D eigenvalue weighted by atomic mass is 16.6. The van der Waals surface area contributed by atoms with Crippen molar-refractivity contribution < 1.29 is 4.92 Å². The summed E-state index contributed by atoms with van der Waals surface area (Å²) >= 11 is 0. The van der Waals surface area contributed by atoms with Crippen molar-refractivity contribution in [1.82, 2.24) is 9.97 Å². The van der Waals surface area contributed by atoms with Gasteiger partial charge in [0.1, 0.15) is 5.82 Å². The van der Waals surface area contributed by atoms with E-state index in [4.69, 9.17) is 11.5 Å². The average molecular weight is 364 g/mol. The Balaban J connectivity index is 1.73. The molecule has 2 aromatic carbocycles. The molecule has 1 aromatic heterocycles. The van der Waals surface area contributed by atoms with Crippen LogP contribution in [-0.4, -0.2) is 14.9 Å². The van der Waals surface area contributed by atoms with Gasteiger partial charge in [-0.2, -0.15) is 4.98 Å². The van der Waals surface area contributed by atoms with Crippen molar-refractivity contribution in [2.45, 2.75) is 19.9 Å². The zero-order valence-electron chi connectivity index (χ0n) is 14.8. The minimum absolute atomic E-state index is 0.0694. The first kappa shape index (κ1) is 18.1. The molecule has 27 heavy (non-hydrogen) atoms. The van der Waals surface area contributed by atoms with Crippen molar-refractivity contribution >= 4 is 23.1 Å². The first-order chi connectivity index (χ1) is 13.0. The number of nitro groups is 1. The Bertz CT molecular complexity index is 955. The summed E-state index contributed by atoms with van der Waals surface area (Å²) in [5.74, 6) is 0.549. The number of anilines is 3. The van der Waals surface area contributed by atoms with Gasteiger partial charge in [0.2, 0.25) is 5.95 Å². The van der Waals surface area contributed by atoms with Crippen LogP contribution < -0.4 is 16.8 Å². The smallest absolute Gasteiger partial charge is 0.269 e. The SMILES string of the molecule is CCc1nc(N)nc(N)c1-c1ccc(CNc2ccc([N+](=O)[O-])cc2)cc1. The van der Waals surface area contributed by atoms with Crippen molar-refractivity contribution in [2.75, 3.05) is 16.8 Å². The quantitative estimate of drug-likeness (QED) is 0.451. The van der Waals surface area contributed by atoms with Crippen LogP contribution in [0.25, 0.3) is 11.1 Å². The molecule has 0 aliphatic carbocycles. The van der Waals surface area contributed by atoms with Gasteiger partial charge in [0.15, 0.2) is 0 Å². The molecule has 3 aromatic rings. The van der Waals surface area contributed by atoms with Crippen LogP contribution in [0.4, 0.5) is 23.1 Å². The summed E-state index contributed by atoms with van der Waals surface area (Å²) < 4.78 is 0. The van der Waals surface area contributed by atoms with E-state index in [1.807, 2.05) is 31.2 Å². The fraction of sp³-hybridized carbons (Fsp3) is 0.158. The molecule has 3 rings (SSSR count). The van der Waals surface area contributed by atoms with Gasteiger partial charge in [-0.1, -0.05) is 31.2 Å². The predicted octanol–water partition coefficient (Wildman–Crippen LogP) is 3.39. The van der Waals surface area contributed by atoms with Crippen molar-refractivity contribution in [3.05, 3.63) is 69.9 Å². The number of non-ortho nitro benzene ring substituents is 1. The van der Waals surface area contributed by atoms with Crippen molar-refractivity contribution in [2.24, 2.45) is 0 Å². The first-order valence-corrected chi connectivity index (χ1v) is 8.47. The standard InChI is InChI=1S/C19H20N6O2/c1-2-16-17(18(20)24-19(21)23-16)13-5-3-12(4-6-13)11-22-14-7-9-15(10-8-14)25(26)27/h3-10,22H,2,11H2,1H3,(H4,20,21,23,24). The summed E-state index contributed by atoms with van der Waals surface area (Å²) in [6.45, 7) is 2.58. The number of benzene rings is 2. The van der Waals surface area contributed by atoms with Crippen molar-refractivity contribution in [1.29, 1.82) is 0 Å². The Labute approximate surface area is 156 Å². The van der Waals surface area contributed by atoms with Crippen LogP contribution in [0, 0.1) is 10.1 Å². The summed E-state index contributed by atoms with van der Waals surface area (Å²) in [7, 11) is 0. The Morgan fingerprint density at radius 3 is 2.30 bits per heavy atom. The van der Waals surface area contributed by atoms with Crippen molar-refractivity contribution in [3.8, 4) is 11.1 Å². The van der Waals surface area contributed by atoms with E-state index in [-0.39, 0.29) is 11.6 Å². The third kappa shape index (κ3) is 4.12. The van der Waals surface area contributed by atoms with E-state index in [0.717, 1.165) is 28.1 Å². The lowest BCUT2D eigenvalue weighted by atomic mass is 10.0. The molecular weight excluding hydrogens is 344 g/mol. The van der Waals surface area contributed by atoms with E-state index in [2.05, 4.69) is 15.3 Å². The molecule has 0 spiro atoms. The van der Waals surface area contributed by atoms with E-state index in [1.165, 1.54) is 12.1 Å². The maximum absolute atomic E-state index is 10.7. The third-order valence-electron chi connectivity index (χ3n) is 4.18. The highest BCUT2D eigenvalue weighted by Crippen LogP contribution is 2.29. The minimum Gasteiger partial charge on any atom is -0.383 e. The topological polar surface area (TPSA) is 133 Å². The molecule has 0 saturated carbocycles. The monoisotopic (exact) mass is 364 g/mol. The highest BCUT2D eigenvalue weighted by Gasteiger charge is 2.12. The lowest BCUT2D eigenvalue weighted by molar-refractivity contribution is -0.384. The van der Waals surface area contributed by atoms with Gasteiger partial charge in [-0.3, -0.25) is 10.1 Å². The number of nitrogens with one attached hydrogen (secondary N) is 1. The summed E-state index contributed by atoms with van der Waals surface area (Å²) in [6.07, 6.45) is 0.704. The second-order valence-corrected chi connectivity index (χ2v) is 6.00. The normalized spacial score (nSPS) is 10.6. The number of nitro benzene ring substituents is 1. The van der Waals surface area contributed by atoms with E-state index < -0.39 is 4.92 Å². The van der Waals surface area contributed by atoms with Crippen LogP contribution >= 0.6 is 0 Å². The maximum Gasteiger partial charge on any atom is 0.269 e. The van der Waals surface area contributed by atoms with Crippen LogP contribution in [-0.2, 0) is 13.0 Å². The van der Waals surface area contributed by atoms with Gasteiger partial charge in [0.05, 0.1) is 10.6 Å². The fourth-order valence-corrected chi connectivity index (χ4v) is 2.81. The Hall–Kier alpha value is -3.68. The zero-order valence-corrected chi connectivity index (χ0v) is 14.8. The Kier molecular flexibility index (Phi) is 5.16. The second kappa shape index (κ2) is 7.69. The third-order valence-corrected chi connectivity index (χ3v) is 4.18. The van der Waals surface area contributed by atoms with Gasteiger partial charge in [-0.05, 0) is 29.7 Å². The van der Waals surface area contributed by atoms with Crippen molar-refractivity contribution in [3.63, 3.8) is 0 Å². The van der Waals surface area contributed by atoms with E-state index in [9.17, 15) is 10.1 Å². The van der Waals surface area contributed by atoms with Gasteiger partial charge >= 0.3 is 0 Å². The van der Waals surface area contributed by atoms with Crippen LogP contribution in [0.2, 0.25) is 0 Å². The van der Waals surface area contributed by atoms with Crippen LogP contribution in [0.3, 0.4) is 0 Å². The number of hydrogen-bond acceptors (Lipinski definition) is 7. The largest absolute Gasteiger partial charge is 0.383 e. The van der Waals surface area contributed by atoms with Gasteiger partial charge in [0.25, 0.3) is 5.69 Å². The van der Waals surface area contributed by atoms with Gasteiger partial charge in [-0.15, -0.1) is 0 Å². The molecule has 0 saturated heterocycles.